The number of rotatable bonds is 4. The minimum atomic E-state index is 0.106. The number of aromatic nitrogens is 2. The van der Waals surface area contributed by atoms with Crippen molar-refractivity contribution in [2.75, 3.05) is 38.7 Å². The molecule has 3 rings (SSSR count). The molecular formula is C17H28N4O2. The number of carbonyl (C=O) groups excluding carboxylic acids is 1. The van der Waals surface area contributed by atoms with Gasteiger partial charge in [0.05, 0.1) is 12.3 Å². The van der Waals surface area contributed by atoms with Crippen LogP contribution in [0.15, 0.2) is 6.07 Å². The second-order valence-corrected chi connectivity index (χ2v) is 6.99. The van der Waals surface area contributed by atoms with Gasteiger partial charge in [-0.25, -0.2) is 0 Å². The molecule has 2 aliphatic rings. The van der Waals surface area contributed by atoms with E-state index in [1.807, 2.05) is 13.1 Å². The highest BCUT2D eigenvalue weighted by Gasteiger charge is 2.22. The van der Waals surface area contributed by atoms with Crippen molar-refractivity contribution >= 4 is 11.7 Å². The van der Waals surface area contributed by atoms with Crippen molar-refractivity contribution in [3.8, 4) is 0 Å². The summed E-state index contributed by atoms with van der Waals surface area (Å²) in [6.45, 7) is 3.77. The largest absolute Gasteiger partial charge is 0.381 e. The van der Waals surface area contributed by atoms with Gasteiger partial charge in [-0.05, 0) is 51.7 Å². The summed E-state index contributed by atoms with van der Waals surface area (Å²) in [4.78, 5) is 14.6. The van der Waals surface area contributed by atoms with E-state index in [2.05, 4.69) is 22.4 Å². The fraction of sp³-hybridized carbons (Fsp3) is 0.765. The summed E-state index contributed by atoms with van der Waals surface area (Å²) in [7, 11) is 4.03. The van der Waals surface area contributed by atoms with Crippen LogP contribution in [0.25, 0.3) is 0 Å². The molecule has 128 valence electrons. The molecule has 0 aliphatic carbocycles. The van der Waals surface area contributed by atoms with Crippen LogP contribution in [0.1, 0.15) is 43.7 Å². The third-order valence-electron chi connectivity index (χ3n) is 5.06. The lowest BCUT2D eigenvalue weighted by molar-refractivity contribution is -0.117. The number of hydrogen-bond donors (Lipinski definition) is 1. The Balaban J connectivity index is 1.54. The highest BCUT2D eigenvalue weighted by atomic mass is 16.5. The van der Waals surface area contributed by atoms with Gasteiger partial charge in [0.2, 0.25) is 5.91 Å². The van der Waals surface area contributed by atoms with Crippen molar-refractivity contribution in [2.45, 2.75) is 38.0 Å². The van der Waals surface area contributed by atoms with Crippen LogP contribution in [0.2, 0.25) is 0 Å². The van der Waals surface area contributed by atoms with Crippen LogP contribution in [0.3, 0.4) is 0 Å². The summed E-state index contributed by atoms with van der Waals surface area (Å²) in [5, 5.41) is 7.59. The van der Waals surface area contributed by atoms with Crippen LogP contribution < -0.4 is 5.32 Å². The van der Waals surface area contributed by atoms with Crippen molar-refractivity contribution in [1.29, 1.82) is 0 Å². The van der Waals surface area contributed by atoms with Gasteiger partial charge >= 0.3 is 0 Å². The van der Waals surface area contributed by atoms with E-state index in [4.69, 9.17) is 4.74 Å². The number of nitrogens with one attached hydrogen (secondary N) is 1. The van der Waals surface area contributed by atoms with E-state index >= 15 is 0 Å². The Morgan fingerprint density at radius 3 is 2.83 bits per heavy atom. The van der Waals surface area contributed by atoms with Gasteiger partial charge in [0.25, 0.3) is 0 Å². The molecule has 1 N–H and O–H groups in total. The minimum absolute atomic E-state index is 0.106. The number of piperidine rings is 1. The van der Waals surface area contributed by atoms with Crippen molar-refractivity contribution in [1.82, 2.24) is 14.7 Å². The molecule has 1 aromatic heterocycles. The van der Waals surface area contributed by atoms with Gasteiger partial charge in [-0.15, -0.1) is 0 Å². The summed E-state index contributed by atoms with van der Waals surface area (Å²) in [6.07, 6.45) is 5.03. The van der Waals surface area contributed by atoms with Crippen molar-refractivity contribution in [3.05, 3.63) is 11.8 Å². The maximum atomic E-state index is 12.3. The molecule has 2 saturated heterocycles. The monoisotopic (exact) mass is 320 g/mol. The zero-order chi connectivity index (χ0) is 16.2. The van der Waals surface area contributed by atoms with E-state index in [0.717, 1.165) is 63.5 Å². The smallest absolute Gasteiger partial charge is 0.225 e. The fourth-order valence-electron chi connectivity index (χ4n) is 3.50. The molecule has 6 nitrogen and oxygen atoms in total. The SMILES string of the molecule is CN1CCC(CC(=O)Nc2cc([C@H]3CCCOC3)nn2C)CC1. The number of amides is 1. The summed E-state index contributed by atoms with van der Waals surface area (Å²) < 4.78 is 7.31. The first kappa shape index (κ1) is 16.5. The molecule has 0 saturated carbocycles. The molecule has 6 heteroatoms. The molecule has 2 aliphatic heterocycles. The zero-order valence-electron chi connectivity index (χ0n) is 14.3. The average Bonchev–Trinajstić information content (AvgIpc) is 2.91. The number of aryl methyl sites for hydroxylation is 1. The van der Waals surface area contributed by atoms with E-state index < -0.39 is 0 Å². The number of hydrogen-bond acceptors (Lipinski definition) is 4. The van der Waals surface area contributed by atoms with E-state index in [1.54, 1.807) is 4.68 Å². The molecule has 3 heterocycles. The molecule has 1 aromatic rings. The molecular weight excluding hydrogens is 292 g/mol. The van der Waals surface area contributed by atoms with Gasteiger partial charge in [-0.1, -0.05) is 0 Å². The third-order valence-corrected chi connectivity index (χ3v) is 5.06. The van der Waals surface area contributed by atoms with Crippen LogP contribution in [-0.2, 0) is 16.6 Å². The standard InChI is InChI=1S/C17H28N4O2/c1-20-7-5-13(6-8-20)10-17(22)18-16-11-15(19-21(16)2)14-4-3-9-23-12-14/h11,13-14H,3-10,12H2,1-2H3,(H,18,22)/t14-/m0/s1. The van der Waals surface area contributed by atoms with Crippen LogP contribution in [0, 0.1) is 5.92 Å². The average molecular weight is 320 g/mol. The lowest BCUT2D eigenvalue weighted by atomic mass is 9.93. The van der Waals surface area contributed by atoms with Gasteiger partial charge in [-0.3, -0.25) is 9.48 Å². The second kappa shape index (κ2) is 7.45. The number of carbonyl (C=O) groups is 1. The molecule has 1 amide bonds. The van der Waals surface area contributed by atoms with Crippen LogP contribution in [0.4, 0.5) is 5.82 Å². The van der Waals surface area contributed by atoms with Gasteiger partial charge in [0.1, 0.15) is 5.82 Å². The predicted octanol–water partition coefficient (Wildman–Crippen LogP) is 1.98. The number of ether oxygens (including phenoxy) is 1. The van der Waals surface area contributed by atoms with Crippen molar-refractivity contribution < 1.29 is 9.53 Å². The molecule has 0 spiro atoms. The molecule has 1 atom stereocenters. The topological polar surface area (TPSA) is 59.4 Å². The van der Waals surface area contributed by atoms with Crippen LogP contribution in [0.5, 0.6) is 0 Å². The Labute approximate surface area is 138 Å². The quantitative estimate of drug-likeness (QED) is 0.921. The van der Waals surface area contributed by atoms with Crippen LogP contribution >= 0.6 is 0 Å². The zero-order valence-corrected chi connectivity index (χ0v) is 14.3. The lowest BCUT2D eigenvalue weighted by Crippen LogP contribution is -2.32. The number of nitrogens with zero attached hydrogens (tertiary/aromatic N) is 3. The van der Waals surface area contributed by atoms with Gasteiger partial charge in [0.15, 0.2) is 0 Å². The first-order valence-electron chi connectivity index (χ1n) is 8.72. The molecule has 2 fully saturated rings. The Hall–Kier alpha value is -1.40. The Bertz CT molecular complexity index is 529. The molecule has 23 heavy (non-hydrogen) atoms. The highest BCUT2D eigenvalue weighted by Crippen LogP contribution is 2.26. The second-order valence-electron chi connectivity index (χ2n) is 6.99. The maximum Gasteiger partial charge on any atom is 0.225 e. The summed E-state index contributed by atoms with van der Waals surface area (Å²) in [5.41, 5.74) is 1.03. The van der Waals surface area contributed by atoms with Crippen LogP contribution in [-0.4, -0.2) is 53.9 Å². The third kappa shape index (κ3) is 4.32. The molecule has 0 aromatic carbocycles. The first-order chi connectivity index (χ1) is 11.1. The summed E-state index contributed by atoms with van der Waals surface area (Å²) in [6, 6.07) is 2.01. The van der Waals surface area contributed by atoms with Crippen molar-refractivity contribution in [2.24, 2.45) is 13.0 Å². The van der Waals surface area contributed by atoms with Crippen molar-refractivity contribution in [3.63, 3.8) is 0 Å². The molecule has 0 radical (unpaired) electrons. The fourth-order valence-corrected chi connectivity index (χ4v) is 3.50. The lowest BCUT2D eigenvalue weighted by Gasteiger charge is -2.28. The minimum Gasteiger partial charge on any atom is -0.381 e. The van der Waals surface area contributed by atoms with Gasteiger partial charge < -0.3 is 15.0 Å². The van der Waals surface area contributed by atoms with E-state index in [-0.39, 0.29) is 5.91 Å². The summed E-state index contributed by atoms with van der Waals surface area (Å²) >= 11 is 0. The molecule has 0 bridgehead atoms. The normalized spacial score (nSPS) is 23.8. The summed E-state index contributed by atoms with van der Waals surface area (Å²) in [5.74, 6) is 1.76. The first-order valence-corrected chi connectivity index (χ1v) is 8.72. The van der Waals surface area contributed by atoms with Gasteiger partial charge in [0, 0.05) is 32.1 Å². The Morgan fingerprint density at radius 2 is 2.13 bits per heavy atom. The predicted molar refractivity (Wildman–Crippen MR) is 89.5 cm³/mol. The van der Waals surface area contributed by atoms with E-state index in [1.165, 1.54) is 0 Å². The number of likely N-dealkylation sites (tertiary alicyclic amines) is 1. The number of anilines is 1. The van der Waals surface area contributed by atoms with Gasteiger partial charge in [-0.2, -0.15) is 5.10 Å². The Kier molecular flexibility index (Phi) is 5.33. The van der Waals surface area contributed by atoms with E-state index in [0.29, 0.717) is 18.3 Å². The van der Waals surface area contributed by atoms with E-state index in [9.17, 15) is 4.79 Å². The molecule has 0 unspecified atom stereocenters. The Morgan fingerprint density at radius 1 is 1.35 bits per heavy atom. The maximum absolute atomic E-state index is 12.3. The highest BCUT2D eigenvalue weighted by molar-refractivity contribution is 5.90.